The molecule has 0 N–H and O–H groups in total. The van der Waals surface area contributed by atoms with Gasteiger partial charge in [-0.3, -0.25) is 13.9 Å². The molecule has 0 aliphatic heterocycles. The van der Waals surface area contributed by atoms with Crippen LogP contribution in [-0.2, 0) is 6.54 Å². The molecule has 0 spiro atoms. The minimum absolute atomic E-state index is 0.0243. The summed E-state index contributed by atoms with van der Waals surface area (Å²) in [7, 11) is 0. The maximum absolute atomic E-state index is 12.3. The molecule has 2 aromatic rings. The number of carbonyl (C=O) groups excluding carboxylic acids is 1. The van der Waals surface area contributed by atoms with Gasteiger partial charge in [0.15, 0.2) is 5.78 Å². The molecule has 1 aliphatic carbocycles. The van der Waals surface area contributed by atoms with Crippen molar-refractivity contribution in [1.29, 1.82) is 0 Å². The van der Waals surface area contributed by atoms with Gasteiger partial charge in [-0.15, -0.1) is 0 Å². The van der Waals surface area contributed by atoms with Crippen LogP contribution in [0.2, 0.25) is 0 Å². The molecule has 0 radical (unpaired) electrons. The number of hydrogen-bond acceptors (Lipinski definition) is 2. The maximum atomic E-state index is 12.3. The standard InChI is InChI=1S/C16H18N2O2/c1-11-3-4-13(9-12(11)2)15(19)10-17-7-8-18(16(17)20)14-5-6-14/h3-4,7-9,14H,5-6,10H2,1-2H3. The van der Waals surface area contributed by atoms with Crippen LogP contribution in [0.3, 0.4) is 0 Å². The Labute approximate surface area is 117 Å². The van der Waals surface area contributed by atoms with E-state index in [0.29, 0.717) is 11.6 Å². The number of imidazole rings is 1. The van der Waals surface area contributed by atoms with Gasteiger partial charge in [0.25, 0.3) is 0 Å². The summed E-state index contributed by atoms with van der Waals surface area (Å²) in [6, 6.07) is 6.01. The average Bonchev–Trinajstić information content (AvgIpc) is 3.19. The second-order valence-electron chi connectivity index (χ2n) is 5.57. The van der Waals surface area contributed by atoms with Crippen molar-refractivity contribution in [3.8, 4) is 0 Å². The highest BCUT2D eigenvalue weighted by molar-refractivity contribution is 5.96. The molecule has 1 aromatic heterocycles. The molecular weight excluding hydrogens is 252 g/mol. The molecule has 1 aromatic carbocycles. The number of ketones is 1. The number of carbonyl (C=O) groups is 1. The van der Waals surface area contributed by atoms with Crippen LogP contribution < -0.4 is 5.69 Å². The highest BCUT2D eigenvalue weighted by Crippen LogP contribution is 2.33. The van der Waals surface area contributed by atoms with Crippen LogP contribution in [0, 0.1) is 13.8 Å². The predicted molar refractivity (Wildman–Crippen MR) is 77.2 cm³/mol. The minimum Gasteiger partial charge on any atom is -0.296 e. The third kappa shape index (κ3) is 2.33. The third-order valence-corrected chi connectivity index (χ3v) is 3.96. The number of rotatable bonds is 4. The van der Waals surface area contributed by atoms with Gasteiger partial charge in [-0.05, 0) is 43.9 Å². The molecule has 104 valence electrons. The molecule has 0 bridgehead atoms. The van der Waals surface area contributed by atoms with Crippen molar-refractivity contribution < 1.29 is 4.79 Å². The van der Waals surface area contributed by atoms with Crippen molar-refractivity contribution in [1.82, 2.24) is 9.13 Å². The van der Waals surface area contributed by atoms with Crippen LogP contribution in [0.25, 0.3) is 0 Å². The lowest BCUT2D eigenvalue weighted by molar-refractivity contribution is 0.0970. The van der Waals surface area contributed by atoms with Crippen LogP contribution in [0.1, 0.15) is 40.4 Å². The van der Waals surface area contributed by atoms with Crippen molar-refractivity contribution in [3.05, 3.63) is 57.8 Å². The van der Waals surface area contributed by atoms with Gasteiger partial charge in [-0.25, -0.2) is 4.79 Å². The minimum atomic E-state index is -0.0790. The number of aromatic nitrogens is 2. The van der Waals surface area contributed by atoms with Gasteiger partial charge in [0.1, 0.15) is 0 Å². The highest BCUT2D eigenvalue weighted by atomic mass is 16.2. The summed E-state index contributed by atoms with van der Waals surface area (Å²) < 4.78 is 3.23. The largest absolute Gasteiger partial charge is 0.328 e. The Bertz CT molecular complexity index is 720. The van der Waals surface area contributed by atoms with E-state index in [0.717, 1.165) is 18.4 Å². The van der Waals surface area contributed by atoms with Crippen molar-refractivity contribution >= 4 is 5.78 Å². The topological polar surface area (TPSA) is 44.0 Å². The van der Waals surface area contributed by atoms with E-state index in [2.05, 4.69) is 0 Å². The molecule has 1 aliphatic rings. The molecule has 3 rings (SSSR count). The van der Waals surface area contributed by atoms with E-state index in [9.17, 15) is 9.59 Å². The lowest BCUT2D eigenvalue weighted by Gasteiger charge is -2.05. The molecule has 1 fully saturated rings. The smallest absolute Gasteiger partial charge is 0.296 e. The monoisotopic (exact) mass is 270 g/mol. The van der Waals surface area contributed by atoms with E-state index in [1.165, 1.54) is 10.1 Å². The number of aryl methyl sites for hydroxylation is 2. The molecule has 1 heterocycles. The third-order valence-electron chi connectivity index (χ3n) is 3.96. The zero-order valence-electron chi connectivity index (χ0n) is 11.8. The second kappa shape index (κ2) is 4.78. The van der Waals surface area contributed by atoms with Gasteiger partial charge >= 0.3 is 5.69 Å². The van der Waals surface area contributed by atoms with Crippen molar-refractivity contribution in [2.45, 2.75) is 39.3 Å². The first-order valence-corrected chi connectivity index (χ1v) is 6.94. The van der Waals surface area contributed by atoms with Crippen molar-refractivity contribution in [2.75, 3.05) is 0 Å². The van der Waals surface area contributed by atoms with E-state index in [4.69, 9.17) is 0 Å². The predicted octanol–water partition coefficient (Wildman–Crippen LogP) is 2.48. The Kier molecular flexibility index (Phi) is 3.08. The normalized spacial score (nSPS) is 14.5. The van der Waals surface area contributed by atoms with E-state index >= 15 is 0 Å². The van der Waals surface area contributed by atoms with E-state index in [-0.39, 0.29) is 18.0 Å². The quantitative estimate of drug-likeness (QED) is 0.801. The first-order valence-electron chi connectivity index (χ1n) is 6.94. The Hall–Kier alpha value is -2.10. The maximum Gasteiger partial charge on any atom is 0.328 e. The SMILES string of the molecule is Cc1ccc(C(=O)Cn2ccn(C3CC3)c2=O)cc1C. The summed E-state index contributed by atoms with van der Waals surface area (Å²) in [4.78, 5) is 24.4. The number of nitrogens with zero attached hydrogens (tertiary/aromatic N) is 2. The lowest BCUT2D eigenvalue weighted by atomic mass is 10.0. The lowest BCUT2D eigenvalue weighted by Crippen LogP contribution is -2.26. The fraction of sp³-hybridized carbons (Fsp3) is 0.375. The molecule has 4 heteroatoms. The Balaban J connectivity index is 1.81. The Morgan fingerprint density at radius 3 is 2.60 bits per heavy atom. The number of hydrogen-bond donors (Lipinski definition) is 0. The molecule has 1 saturated carbocycles. The summed E-state index contributed by atoms with van der Waals surface area (Å²) in [5, 5.41) is 0. The van der Waals surface area contributed by atoms with Gasteiger partial charge in [-0.2, -0.15) is 0 Å². The summed E-state index contributed by atoms with van der Waals surface area (Å²) in [5.41, 5.74) is 2.85. The molecule has 0 saturated heterocycles. The van der Waals surface area contributed by atoms with E-state index < -0.39 is 0 Å². The fourth-order valence-electron chi connectivity index (χ4n) is 2.34. The van der Waals surface area contributed by atoms with Gasteiger partial charge in [0.2, 0.25) is 0 Å². The number of Topliss-reactive ketones (excluding diaryl/α,β-unsaturated/α-hetero) is 1. The van der Waals surface area contributed by atoms with Gasteiger partial charge in [0.05, 0.1) is 6.54 Å². The average molecular weight is 270 g/mol. The zero-order chi connectivity index (χ0) is 14.3. The molecule has 0 atom stereocenters. The molecule has 0 amide bonds. The zero-order valence-corrected chi connectivity index (χ0v) is 11.8. The molecule has 4 nitrogen and oxygen atoms in total. The van der Waals surface area contributed by atoms with E-state index in [1.807, 2.05) is 32.0 Å². The number of benzene rings is 1. The van der Waals surface area contributed by atoms with E-state index in [1.54, 1.807) is 17.0 Å². The molecular formula is C16H18N2O2. The van der Waals surface area contributed by atoms with Crippen LogP contribution in [0.15, 0.2) is 35.4 Å². The van der Waals surface area contributed by atoms with Gasteiger partial charge in [0, 0.05) is 24.0 Å². The summed E-state index contributed by atoms with van der Waals surface area (Å²) in [6.07, 6.45) is 5.62. The summed E-state index contributed by atoms with van der Waals surface area (Å²) in [6.45, 7) is 4.12. The fourth-order valence-corrected chi connectivity index (χ4v) is 2.34. The molecule has 0 unspecified atom stereocenters. The van der Waals surface area contributed by atoms with Crippen LogP contribution in [0.4, 0.5) is 0 Å². The highest BCUT2D eigenvalue weighted by Gasteiger charge is 2.25. The Morgan fingerprint density at radius 1 is 1.20 bits per heavy atom. The molecule has 20 heavy (non-hydrogen) atoms. The summed E-state index contributed by atoms with van der Waals surface area (Å²) >= 11 is 0. The second-order valence-corrected chi connectivity index (χ2v) is 5.57. The van der Waals surface area contributed by atoms with Gasteiger partial charge < -0.3 is 0 Å². The van der Waals surface area contributed by atoms with Crippen molar-refractivity contribution in [3.63, 3.8) is 0 Å². The van der Waals surface area contributed by atoms with Gasteiger partial charge in [-0.1, -0.05) is 12.1 Å². The van der Waals surface area contributed by atoms with Crippen LogP contribution in [0.5, 0.6) is 0 Å². The first-order chi connectivity index (χ1) is 9.56. The van der Waals surface area contributed by atoms with Crippen LogP contribution in [-0.4, -0.2) is 14.9 Å². The first kappa shape index (κ1) is 12.9. The summed E-state index contributed by atoms with van der Waals surface area (Å²) in [5.74, 6) is -0.0243. The Morgan fingerprint density at radius 2 is 1.95 bits per heavy atom. The van der Waals surface area contributed by atoms with Crippen molar-refractivity contribution in [2.24, 2.45) is 0 Å². The van der Waals surface area contributed by atoms with Crippen LogP contribution >= 0.6 is 0 Å².